The highest BCUT2D eigenvalue weighted by Crippen LogP contribution is 2.30. The molecule has 0 aliphatic heterocycles. The van der Waals surface area contributed by atoms with E-state index in [1.165, 1.54) is 5.56 Å². The van der Waals surface area contributed by atoms with E-state index in [1.54, 1.807) is 32.4 Å². The topological polar surface area (TPSA) is 59.6 Å². The fourth-order valence-corrected chi connectivity index (χ4v) is 2.57. The van der Waals surface area contributed by atoms with Crippen molar-refractivity contribution in [2.45, 2.75) is 26.2 Å². The molecule has 0 aliphatic carbocycles. The summed E-state index contributed by atoms with van der Waals surface area (Å²) in [5, 5.41) is 6.08. The summed E-state index contributed by atoms with van der Waals surface area (Å²) in [4.78, 5) is 12.3. The van der Waals surface area contributed by atoms with Crippen LogP contribution >= 0.6 is 0 Å². The predicted molar refractivity (Wildman–Crippen MR) is 102 cm³/mol. The van der Waals surface area contributed by atoms with Crippen LogP contribution in [-0.2, 0) is 10.2 Å². The standard InChI is InChI=1S/C20H26N2O3/c1-20(2,3)15-8-6-7-9-16(15)21-13-19(23)22-17-12-14(24-4)10-11-18(17)25-5/h6-12,21H,13H2,1-5H3,(H,22,23). The molecule has 0 saturated heterocycles. The summed E-state index contributed by atoms with van der Waals surface area (Å²) in [5.41, 5.74) is 2.71. The van der Waals surface area contributed by atoms with Gasteiger partial charge in [-0.25, -0.2) is 0 Å². The minimum Gasteiger partial charge on any atom is -0.497 e. The zero-order chi connectivity index (χ0) is 18.4. The number of rotatable bonds is 6. The Morgan fingerprint density at radius 1 is 1.00 bits per heavy atom. The number of para-hydroxylation sites is 1. The summed E-state index contributed by atoms with van der Waals surface area (Å²) in [6.07, 6.45) is 0. The molecule has 1 amide bonds. The van der Waals surface area contributed by atoms with Gasteiger partial charge in [-0.1, -0.05) is 39.0 Å². The Kier molecular flexibility index (Phi) is 5.91. The van der Waals surface area contributed by atoms with E-state index in [4.69, 9.17) is 9.47 Å². The van der Waals surface area contributed by atoms with Gasteiger partial charge in [-0.05, 0) is 29.2 Å². The van der Waals surface area contributed by atoms with Gasteiger partial charge in [0.2, 0.25) is 5.91 Å². The molecule has 0 spiro atoms. The van der Waals surface area contributed by atoms with Crippen molar-refractivity contribution in [3.05, 3.63) is 48.0 Å². The van der Waals surface area contributed by atoms with E-state index < -0.39 is 0 Å². The Morgan fingerprint density at radius 3 is 2.36 bits per heavy atom. The maximum Gasteiger partial charge on any atom is 0.243 e. The molecule has 134 valence electrons. The molecule has 25 heavy (non-hydrogen) atoms. The number of carbonyl (C=O) groups excluding carboxylic acids is 1. The number of carbonyl (C=O) groups is 1. The van der Waals surface area contributed by atoms with E-state index >= 15 is 0 Å². The van der Waals surface area contributed by atoms with Crippen molar-refractivity contribution in [1.82, 2.24) is 0 Å². The Hall–Kier alpha value is -2.69. The number of amides is 1. The average molecular weight is 342 g/mol. The molecule has 0 unspecified atom stereocenters. The van der Waals surface area contributed by atoms with Crippen LogP contribution in [0, 0.1) is 0 Å². The maximum atomic E-state index is 12.3. The van der Waals surface area contributed by atoms with Crippen LogP contribution in [0.2, 0.25) is 0 Å². The van der Waals surface area contributed by atoms with Gasteiger partial charge in [0.05, 0.1) is 26.5 Å². The molecule has 0 radical (unpaired) electrons. The first-order chi connectivity index (χ1) is 11.8. The third-order valence-corrected chi connectivity index (χ3v) is 3.86. The summed E-state index contributed by atoms with van der Waals surface area (Å²) in [6, 6.07) is 13.3. The van der Waals surface area contributed by atoms with Gasteiger partial charge in [-0.3, -0.25) is 4.79 Å². The summed E-state index contributed by atoms with van der Waals surface area (Å²) in [7, 11) is 3.15. The number of hydrogen-bond acceptors (Lipinski definition) is 4. The third kappa shape index (κ3) is 4.89. The van der Waals surface area contributed by atoms with E-state index in [0.29, 0.717) is 17.2 Å². The lowest BCUT2D eigenvalue weighted by atomic mass is 9.86. The molecule has 2 rings (SSSR count). The Morgan fingerprint density at radius 2 is 1.72 bits per heavy atom. The van der Waals surface area contributed by atoms with Crippen LogP contribution in [-0.4, -0.2) is 26.7 Å². The molecule has 0 bridgehead atoms. The van der Waals surface area contributed by atoms with Crippen molar-refractivity contribution in [2.75, 3.05) is 31.4 Å². The van der Waals surface area contributed by atoms with Gasteiger partial charge in [0, 0.05) is 11.8 Å². The summed E-state index contributed by atoms with van der Waals surface area (Å²) in [5.74, 6) is 1.08. The summed E-state index contributed by atoms with van der Waals surface area (Å²) < 4.78 is 10.5. The molecule has 0 atom stereocenters. The maximum absolute atomic E-state index is 12.3. The number of nitrogens with one attached hydrogen (secondary N) is 2. The fourth-order valence-electron chi connectivity index (χ4n) is 2.57. The number of ether oxygens (including phenoxy) is 2. The highest BCUT2D eigenvalue weighted by molar-refractivity contribution is 5.95. The van der Waals surface area contributed by atoms with Gasteiger partial charge in [-0.2, -0.15) is 0 Å². The fraction of sp³-hybridized carbons (Fsp3) is 0.350. The Labute approximate surface area is 149 Å². The van der Waals surface area contributed by atoms with Crippen molar-refractivity contribution < 1.29 is 14.3 Å². The summed E-state index contributed by atoms with van der Waals surface area (Å²) in [6.45, 7) is 6.60. The molecule has 0 saturated carbocycles. The van der Waals surface area contributed by atoms with Crippen molar-refractivity contribution in [3.8, 4) is 11.5 Å². The second kappa shape index (κ2) is 7.92. The van der Waals surface area contributed by atoms with Gasteiger partial charge in [0.25, 0.3) is 0 Å². The predicted octanol–water partition coefficient (Wildman–Crippen LogP) is 4.05. The number of hydrogen-bond donors (Lipinski definition) is 2. The zero-order valence-corrected chi connectivity index (χ0v) is 15.5. The Bertz CT molecular complexity index is 736. The minimum absolute atomic E-state index is 0.00388. The lowest BCUT2D eigenvalue weighted by Crippen LogP contribution is -2.24. The molecule has 5 heteroatoms. The molecule has 0 fully saturated rings. The molecule has 0 aliphatic rings. The zero-order valence-electron chi connectivity index (χ0n) is 15.5. The number of methoxy groups -OCH3 is 2. The van der Waals surface area contributed by atoms with Crippen molar-refractivity contribution in [3.63, 3.8) is 0 Å². The van der Waals surface area contributed by atoms with Gasteiger partial charge < -0.3 is 20.1 Å². The normalized spacial score (nSPS) is 10.9. The monoisotopic (exact) mass is 342 g/mol. The van der Waals surface area contributed by atoms with Crippen LogP contribution in [0.15, 0.2) is 42.5 Å². The molecular formula is C20H26N2O3. The van der Waals surface area contributed by atoms with Crippen LogP contribution in [0.5, 0.6) is 11.5 Å². The average Bonchev–Trinajstić information content (AvgIpc) is 2.59. The first-order valence-electron chi connectivity index (χ1n) is 8.20. The molecule has 2 N–H and O–H groups in total. The van der Waals surface area contributed by atoms with Gasteiger partial charge in [0.15, 0.2) is 0 Å². The lowest BCUT2D eigenvalue weighted by Gasteiger charge is -2.23. The first-order valence-corrected chi connectivity index (χ1v) is 8.20. The Balaban J connectivity index is 2.08. The molecular weight excluding hydrogens is 316 g/mol. The molecule has 0 heterocycles. The second-order valence-electron chi connectivity index (χ2n) is 6.76. The van der Waals surface area contributed by atoms with E-state index in [-0.39, 0.29) is 17.9 Å². The van der Waals surface area contributed by atoms with E-state index in [2.05, 4.69) is 37.5 Å². The smallest absolute Gasteiger partial charge is 0.243 e. The second-order valence-corrected chi connectivity index (χ2v) is 6.76. The lowest BCUT2D eigenvalue weighted by molar-refractivity contribution is -0.114. The molecule has 0 aromatic heterocycles. The van der Waals surface area contributed by atoms with Crippen molar-refractivity contribution in [1.29, 1.82) is 0 Å². The highest BCUT2D eigenvalue weighted by Gasteiger charge is 2.18. The minimum atomic E-state index is -0.157. The number of anilines is 2. The third-order valence-electron chi connectivity index (χ3n) is 3.86. The molecule has 5 nitrogen and oxygen atoms in total. The van der Waals surface area contributed by atoms with Crippen molar-refractivity contribution >= 4 is 17.3 Å². The SMILES string of the molecule is COc1ccc(OC)c(NC(=O)CNc2ccccc2C(C)(C)C)c1. The van der Waals surface area contributed by atoms with E-state index in [1.807, 2.05) is 18.2 Å². The highest BCUT2D eigenvalue weighted by atomic mass is 16.5. The molecule has 2 aromatic rings. The van der Waals surface area contributed by atoms with Crippen LogP contribution in [0.25, 0.3) is 0 Å². The van der Waals surface area contributed by atoms with Crippen LogP contribution < -0.4 is 20.1 Å². The summed E-state index contributed by atoms with van der Waals surface area (Å²) >= 11 is 0. The van der Waals surface area contributed by atoms with Gasteiger partial charge >= 0.3 is 0 Å². The van der Waals surface area contributed by atoms with Crippen LogP contribution in [0.1, 0.15) is 26.3 Å². The van der Waals surface area contributed by atoms with Crippen molar-refractivity contribution in [2.24, 2.45) is 0 Å². The first kappa shape index (κ1) is 18.6. The van der Waals surface area contributed by atoms with Crippen LogP contribution in [0.4, 0.5) is 11.4 Å². The molecule has 2 aromatic carbocycles. The number of benzene rings is 2. The van der Waals surface area contributed by atoms with E-state index in [0.717, 1.165) is 5.69 Å². The largest absolute Gasteiger partial charge is 0.497 e. The van der Waals surface area contributed by atoms with E-state index in [9.17, 15) is 4.79 Å². The van der Waals surface area contributed by atoms with Gasteiger partial charge in [-0.15, -0.1) is 0 Å². The van der Waals surface area contributed by atoms with Gasteiger partial charge in [0.1, 0.15) is 11.5 Å². The quantitative estimate of drug-likeness (QED) is 0.831. The van der Waals surface area contributed by atoms with Crippen LogP contribution in [0.3, 0.4) is 0 Å².